The maximum atomic E-state index is 13.7. The Bertz CT molecular complexity index is 2080. The van der Waals surface area contributed by atoms with E-state index in [0.29, 0.717) is 50.1 Å². The molecule has 66 heavy (non-hydrogen) atoms. The molecule has 4 N–H and O–H groups in total. The van der Waals surface area contributed by atoms with Crippen LogP contribution < -0.4 is 31.4 Å². The third kappa shape index (κ3) is 11.2. The number of amides is 6. The second-order valence-corrected chi connectivity index (χ2v) is 24.2. The number of likely N-dealkylation sites (tertiary alicyclic amines) is 2. The van der Waals surface area contributed by atoms with E-state index in [9.17, 15) is 28.8 Å². The SMILES string of the molecule is CC[Si](C)(C)c1ccc(N2[C@@H](c3ccc(NC(=O)[C@@H]4CCCN4C(=O)[C@@H](NC(=O)OC)C(C)C)cc3)CC[C@@H]2c2ccc(NC(=O)[C@@H]3CCCN3C(=O)[C@@H](NC(=O)OC)C(C)C)cc2)cc1. The third-order valence-corrected chi connectivity index (χ3v) is 17.5. The van der Waals surface area contributed by atoms with E-state index in [4.69, 9.17) is 9.47 Å². The van der Waals surface area contributed by atoms with Crippen LogP contribution in [0.4, 0.5) is 26.7 Å². The van der Waals surface area contributed by atoms with Crippen molar-refractivity contribution in [1.82, 2.24) is 20.4 Å². The smallest absolute Gasteiger partial charge is 0.407 e. The number of nitrogens with zero attached hydrogens (tertiary/aromatic N) is 3. The van der Waals surface area contributed by atoms with Crippen molar-refractivity contribution >= 4 is 66.1 Å². The van der Waals surface area contributed by atoms with Gasteiger partial charge in [0.05, 0.1) is 34.4 Å². The van der Waals surface area contributed by atoms with Crippen molar-refractivity contribution in [2.75, 3.05) is 42.8 Å². The predicted octanol–water partition coefficient (Wildman–Crippen LogP) is 7.32. The molecule has 6 atom stereocenters. The number of anilines is 3. The third-order valence-electron chi connectivity index (χ3n) is 13.8. The zero-order valence-corrected chi connectivity index (χ0v) is 41.0. The minimum Gasteiger partial charge on any atom is -0.453 e. The Labute approximate surface area is 390 Å². The lowest BCUT2D eigenvalue weighted by atomic mass is 10.0. The maximum absolute atomic E-state index is 13.7. The van der Waals surface area contributed by atoms with Crippen LogP contribution in [0.5, 0.6) is 0 Å². The lowest BCUT2D eigenvalue weighted by Crippen LogP contribution is -2.54. The van der Waals surface area contributed by atoms with Gasteiger partial charge in [-0.1, -0.05) is 95.3 Å². The molecule has 0 radical (unpaired) electrons. The highest BCUT2D eigenvalue weighted by Crippen LogP contribution is 2.47. The minimum absolute atomic E-state index is 0.0360. The molecule has 15 nitrogen and oxygen atoms in total. The normalized spacial score (nSPS) is 20.5. The number of methoxy groups -OCH3 is 2. The van der Waals surface area contributed by atoms with Gasteiger partial charge in [-0.2, -0.15) is 0 Å². The van der Waals surface area contributed by atoms with Crippen LogP contribution in [-0.4, -0.2) is 105 Å². The molecule has 3 fully saturated rings. The van der Waals surface area contributed by atoms with E-state index in [1.165, 1.54) is 19.4 Å². The summed E-state index contributed by atoms with van der Waals surface area (Å²) in [5.74, 6) is -1.54. The summed E-state index contributed by atoms with van der Waals surface area (Å²) in [5.41, 5.74) is 4.59. The molecule has 3 saturated heterocycles. The second-order valence-electron chi connectivity index (χ2n) is 19.1. The lowest BCUT2D eigenvalue weighted by molar-refractivity contribution is -0.139. The summed E-state index contributed by atoms with van der Waals surface area (Å²) in [4.78, 5) is 84.3. The van der Waals surface area contributed by atoms with Crippen LogP contribution in [0.15, 0.2) is 72.8 Å². The van der Waals surface area contributed by atoms with E-state index in [1.807, 2.05) is 52.0 Å². The highest BCUT2D eigenvalue weighted by atomic mass is 28.3. The van der Waals surface area contributed by atoms with Crippen LogP contribution >= 0.6 is 0 Å². The molecular formula is C50H69N7O8Si. The number of hydrogen-bond donors (Lipinski definition) is 4. The summed E-state index contributed by atoms with van der Waals surface area (Å²) in [6.45, 7) is 15.3. The van der Waals surface area contributed by atoms with Gasteiger partial charge in [0, 0.05) is 30.2 Å². The Morgan fingerprint density at radius 1 is 0.606 bits per heavy atom. The van der Waals surface area contributed by atoms with Gasteiger partial charge in [-0.05, 0) is 97.9 Å². The first-order valence-corrected chi connectivity index (χ1v) is 26.7. The Kier molecular flexibility index (Phi) is 16.2. The van der Waals surface area contributed by atoms with Gasteiger partial charge in [0.15, 0.2) is 0 Å². The molecule has 0 saturated carbocycles. The molecular weight excluding hydrogens is 855 g/mol. The van der Waals surface area contributed by atoms with Gasteiger partial charge in [0.2, 0.25) is 23.6 Å². The Morgan fingerprint density at radius 2 is 1.00 bits per heavy atom. The van der Waals surface area contributed by atoms with Crippen molar-refractivity contribution in [2.45, 2.75) is 129 Å². The quantitative estimate of drug-likeness (QED) is 0.114. The van der Waals surface area contributed by atoms with Crippen molar-refractivity contribution < 1.29 is 38.2 Å². The summed E-state index contributed by atoms with van der Waals surface area (Å²) in [6.07, 6.45) is 2.80. The molecule has 356 valence electrons. The molecule has 3 heterocycles. The number of hydrogen-bond acceptors (Lipinski definition) is 9. The molecule has 0 bridgehead atoms. The van der Waals surface area contributed by atoms with E-state index >= 15 is 0 Å². The second kappa shape index (κ2) is 21.6. The fourth-order valence-corrected chi connectivity index (χ4v) is 11.0. The molecule has 3 aromatic rings. The first kappa shape index (κ1) is 49.5. The van der Waals surface area contributed by atoms with Crippen molar-refractivity contribution in [1.29, 1.82) is 0 Å². The summed E-state index contributed by atoms with van der Waals surface area (Å²) >= 11 is 0. The summed E-state index contributed by atoms with van der Waals surface area (Å²) < 4.78 is 9.50. The van der Waals surface area contributed by atoms with Crippen LogP contribution in [0.3, 0.4) is 0 Å². The van der Waals surface area contributed by atoms with Gasteiger partial charge in [0.25, 0.3) is 0 Å². The minimum atomic E-state index is -1.57. The van der Waals surface area contributed by atoms with Gasteiger partial charge in [-0.3, -0.25) is 19.2 Å². The highest BCUT2D eigenvalue weighted by Gasteiger charge is 2.41. The molecule has 0 unspecified atom stereocenters. The van der Waals surface area contributed by atoms with E-state index in [-0.39, 0.29) is 47.5 Å². The van der Waals surface area contributed by atoms with Crippen LogP contribution in [-0.2, 0) is 28.7 Å². The average Bonchev–Trinajstić information content (AvgIpc) is 4.11. The molecule has 3 aromatic carbocycles. The van der Waals surface area contributed by atoms with Crippen molar-refractivity contribution in [3.8, 4) is 0 Å². The molecule has 6 amide bonds. The van der Waals surface area contributed by atoms with Gasteiger partial charge in [-0.25, -0.2) is 9.59 Å². The zero-order chi connectivity index (χ0) is 47.9. The fraction of sp³-hybridized carbons (Fsp3) is 0.520. The largest absolute Gasteiger partial charge is 0.453 e. The maximum Gasteiger partial charge on any atom is 0.407 e. The highest BCUT2D eigenvalue weighted by molar-refractivity contribution is 6.89. The van der Waals surface area contributed by atoms with E-state index < -0.39 is 44.4 Å². The molecule has 0 aromatic heterocycles. The average molecular weight is 924 g/mol. The summed E-state index contributed by atoms with van der Waals surface area (Å²) in [7, 11) is 0.936. The molecule has 3 aliphatic heterocycles. The van der Waals surface area contributed by atoms with Gasteiger partial charge < -0.3 is 45.4 Å². The Morgan fingerprint density at radius 3 is 1.35 bits per heavy atom. The van der Waals surface area contributed by atoms with Gasteiger partial charge in [-0.15, -0.1) is 0 Å². The van der Waals surface area contributed by atoms with Gasteiger partial charge in [0.1, 0.15) is 24.2 Å². The number of benzene rings is 3. The van der Waals surface area contributed by atoms with E-state index in [0.717, 1.165) is 35.7 Å². The number of rotatable bonds is 15. The number of ether oxygens (including phenoxy) is 2. The molecule has 3 aliphatic rings. The lowest BCUT2D eigenvalue weighted by Gasteiger charge is -2.34. The van der Waals surface area contributed by atoms with Crippen molar-refractivity contribution in [2.24, 2.45) is 11.8 Å². The molecule has 6 rings (SSSR count). The monoisotopic (exact) mass is 923 g/mol. The number of carbonyl (C=O) groups is 6. The zero-order valence-electron chi connectivity index (χ0n) is 40.0. The Balaban J connectivity index is 1.18. The Hall–Kier alpha value is -5.90. The van der Waals surface area contributed by atoms with E-state index in [2.05, 4.69) is 94.7 Å². The van der Waals surface area contributed by atoms with Crippen molar-refractivity contribution in [3.63, 3.8) is 0 Å². The predicted molar refractivity (Wildman–Crippen MR) is 259 cm³/mol. The molecule has 0 aliphatic carbocycles. The van der Waals surface area contributed by atoms with Gasteiger partial charge >= 0.3 is 12.2 Å². The van der Waals surface area contributed by atoms with E-state index in [1.54, 1.807) is 9.80 Å². The number of alkyl carbamates (subject to hydrolysis) is 2. The molecule has 0 spiro atoms. The van der Waals surface area contributed by atoms with Crippen LogP contribution in [0.1, 0.15) is 96.4 Å². The van der Waals surface area contributed by atoms with Crippen LogP contribution in [0, 0.1) is 11.8 Å². The number of nitrogens with one attached hydrogen (secondary N) is 4. The first-order chi connectivity index (χ1) is 31.5. The number of carbonyl (C=O) groups excluding carboxylic acids is 6. The van der Waals surface area contributed by atoms with Crippen molar-refractivity contribution in [3.05, 3.63) is 83.9 Å². The summed E-state index contributed by atoms with van der Waals surface area (Å²) in [5, 5.41) is 12.8. The van der Waals surface area contributed by atoms with Crippen LogP contribution in [0.2, 0.25) is 19.1 Å². The molecule has 16 heteroatoms. The van der Waals surface area contributed by atoms with Crippen LogP contribution in [0.25, 0.3) is 0 Å². The topological polar surface area (TPSA) is 179 Å². The standard InChI is InChI=1S/C50H69N7O8Si/c1-10-66(8,9)38-25-23-37(24-26-38)57-39(33-15-19-35(20-16-33)51-45(58)41-13-11-29-55(41)47(60)43(31(2)3)53-49(62)64-6)27-28-40(57)34-17-21-36(22-18-34)52-46(59)42-14-12-30-56(42)48(61)44(32(4)5)54-50(63)65-7/h15-26,31-32,39-44H,10-14,27-30H2,1-9H3,(H,51,58)(H,52,59)(H,53,62)(H,54,63)/t39-,40-,41+,42+,43+,44+/m1/s1. The summed E-state index contributed by atoms with van der Waals surface area (Å²) in [6, 6.07) is 23.3. The fourth-order valence-electron chi connectivity index (χ4n) is 9.51. The first-order valence-electron chi connectivity index (χ1n) is 23.5.